The van der Waals surface area contributed by atoms with E-state index in [2.05, 4.69) is 20.8 Å². The average Bonchev–Trinajstić information content (AvgIpc) is 2.60. The highest BCUT2D eigenvalue weighted by atomic mass is 19.4. The van der Waals surface area contributed by atoms with Crippen LogP contribution in [-0.2, 0) is 10.4 Å². The van der Waals surface area contributed by atoms with E-state index < -0.39 is 23.8 Å². The van der Waals surface area contributed by atoms with E-state index in [9.17, 15) is 18.3 Å². The Balaban J connectivity index is 0.000000516. The Morgan fingerprint density at radius 1 is 0.862 bits per heavy atom. The van der Waals surface area contributed by atoms with Crippen LogP contribution in [-0.4, -0.2) is 28.4 Å². The van der Waals surface area contributed by atoms with Gasteiger partial charge in [-0.05, 0) is 30.4 Å². The Kier molecular flexibility index (Phi) is 7.62. The molecule has 0 radical (unpaired) electrons. The molecule has 2 aromatic carbocycles. The van der Waals surface area contributed by atoms with E-state index in [1.54, 1.807) is 0 Å². The number of hydrogen-bond donors (Lipinski definition) is 3. The van der Waals surface area contributed by atoms with Crippen LogP contribution in [0.15, 0.2) is 48.5 Å². The second-order valence-electron chi connectivity index (χ2n) is 8.15. The molecular formula is C22H28F3NO3. The van der Waals surface area contributed by atoms with Crippen LogP contribution < -0.4 is 5.73 Å². The van der Waals surface area contributed by atoms with Gasteiger partial charge in [0.25, 0.3) is 0 Å². The third kappa shape index (κ3) is 6.30. The summed E-state index contributed by atoms with van der Waals surface area (Å²) in [4.78, 5) is 8.90. The Bertz CT molecular complexity index is 762. The van der Waals surface area contributed by atoms with Crippen LogP contribution in [0.3, 0.4) is 0 Å². The van der Waals surface area contributed by atoms with Crippen molar-refractivity contribution in [2.24, 2.45) is 11.1 Å². The molecule has 0 spiro atoms. The third-order valence-corrected chi connectivity index (χ3v) is 4.61. The van der Waals surface area contributed by atoms with Gasteiger partial charge < -0.3 is 15.9 Å². The van der Waals surface area contributed by atoms with Crippen molar-refractivity contribution in [2.45, 2.75) is 52.4 Å². The van der Waals surface area contributed by atoms with E-state index in [0.717, 1.165) is 11.1 Å². The number of benzene rings is 2. The summed E-state index contributed by atoms with van der Waals surface area (Å²) in [6, 6.07) is 15.5. The van der Waals surface area contributed by atoms with Gasteiger partial charge in [-0.3, -0.25) is 0 Å². The second-order valence-corrected chi connectivity index (χ2v) is 8.15. The number of carboxylic acids is 1. The largest absolute Gasteiger partial charge is 0.490 e. The monoisotopic (exact) mass is 411 g/mol. The van der Waals surface area contributed by atoms with Gasteiger partial charge in [0.15, 0.2) is 0 Å². The zero-order valence-corrected chi connectivity index (χ0v) is 17.2. The lowest BCUT2D eigenvalue weighted by Gasteiger charge is -2.42. The molecule has 0 heterocycles. The summed E-state index contributed by atoms with van der Waals surface area (Å²) >= 11 is 0. The molecule has 0 aliphatic rings. The van der Waals surface area contributed by atoms with Crippen LogP contribution in [0, 0.1) is 19.3 Å². The van der Waals surface area contributed by atoms with E-state index in [-0.39, 0.29) is 5.41 Å². The molecule has 29 heavy (non-hydrogen) atoms. The molecule has 160 valence electrons. The van der Waals surface area contributed by atoms with E-state index >= 15 is 0 Å². The van der Waals surface area contributed by atoms with Crippen molar-refractivity contribution in [3.63, 3.8) is 0 Å². The van der Waals surface area contributed by atoms with Gasteiger partial charge in [0, 0.05) is 6.04 Å². The number of carboxylic acid groups (broad SMARTS) is 1. The minimum absolute atomic E-state index is 0.232. The molecule has 0 aliphatic carbocycles. The molecule has 1 atom stereocenters. The van der Waals surface area contributed by atoms with Crippen molar-refractivity contribution in [3.8, 4) is 0 Å². The fourth-order valence-electron chi connectivity index (χ4n) is 2.77. The first-order chi connectivity index (χ1) is 13.1. The van der Waals surface area contributed by atoms with Crippen LogP contribution in [0.2, 0.25) is 0 Å². The molecule has 0 saturated heterocycles. The average molecular weight is 411 g/mol. The van der Waals surface area contributed by atoms with E-state index in [4.69, 9.17) is 15.6 Å². The predicted molar refractivity (Wildman–Crippen MR) is 106 cm³/mol. The summed E-state index contributed by atoms with van der Waals surface area (Å²) in [6.07, 6.45) is -5.08. The Labute approximate surface area is 169 Å². The molecule has 0 amide bonds. The number of halogens is 3. The van der Waals surface area contributed by atoms with Gasteiger partial charge in [0.1, 0.15) is 5.60 Å². The van der Waals surface area contributed by atoms with Crippen LogP contribution in [0.25, 0.3) is 0 Å². The minimum atomic E-state index is -5.08. The SMILES string of the molecule is Cc1ccc(C(O)(c2ccc(C)cc2)[C@@H](N)C(C)(C)C)cc1.O=C(O)C(F)(F)F. The van der Waals surface area contributed by atoms with Crippen molar-refractivity contribution in [1.82, 2.24) is 0 Å². The number of alkyl halides is 3. The highest BCUT2D eigenvalue weighted by molar-refractivity contribution is 5.73. The summed E-state index contributed by atoms with van der Waals surface area (Å²) in [6.45, 7) is 10.3. The van der Waals surface area contributed by atoms with Crippen molar-refractivity contribution in [1.29, 1.82) is 0 Å². The van der Waals surface area contributed by atoms with E-state index in [1.165, 1.54) is 11.1 Å². The van der Waals surface area contributed by atoms with E-state index in [0.29, 0.717) is 0 Å². The quantitative estimate of drug-likeness (QED) is 0.692. The van der Waals surface area contributed by atoms with Gasteiger partial charge in [0.05, 0.1) is 0 Å². The number of rotatable bonds is 3. The highest BCUT2D eigenvalue weighted by Crippen LogP contribution is 2.39. The summed E-state index contributed by atoms with van der Waals surface area (Å²) in [5.74, 6) is -2.76. The van der Waals surface area contributed by atoms with Crippen LogP contribution in [0.4, 0.5) is 13.2 Å². The molecule has 0 unspecified atom stereocenters. The number of carbonyl (C=O) groups is 1. The fourth-order valence-corrected chi connectivity index (χ4v) is 2.77. The number of aliphatic carboxylic acids is 1. The van der Waals surface area contributed by atoms with Crippen LogP contribution >= 0.6 is 0 Å². The Hall–Kier alpha value is -2.38. The maximum Gasteiger partial charge on any atom is 0.490 e. The molecule has 0 bridgehead atoms. The Morgan fingerprint density at radius 2 is 1.14 bits per heavy atom. The standard InChI is InChI=1S/C20H27NO.C2HF3O2/c1-14-6-10-16(11-7-14)20(22,18(21)19(3,4)5)17-12-8-15(2)9-13-17;3-2(4,5)1(6)7/h6-13,18,22H,21H2,1-5H3;(H,6,7)/t18-;/m0./s1. The van der Waals surface area contributed by atoms with E-state index in [1.807, 2.05) is 62.4 Å². The van der Waals surface area contributed by atoms with Crippen LogP contribution in [0.1, 0.15) is 43.0 Å². The molecule has 0 aromatic heterocycles. The van der Waals surface area contributed by atoms with Gasteiger partial charge in [-0.1, -0.05) is 80.4 Å². The lowest BCUT2D eigenvalue weighted by Crippen LogP contribution is -2.53. The third-order valence-electron chi connectivity index (χ3n) is 4.61. The summed E-state index contributed by atoms with van der Waals surface area (Å²) in [7, 11) is 0. The molecule has 4 nitrogen and oxygen atoms in total. The van der Waals surface area contributed by atoms with Crippen molar-refractivity contribution in [2.75, 3.05) is 0 Å². The lowest BCUT2D eigenvalue weighted by molar-refractivity contribution is -0.192. The first-order valence-electron chi connectivity index (χ1n) is 9.02. The topological polar surface area (TPSA) is 83.5 Å². The van der Waals surface area contributed by atoms with Gasteiger partial charge in [0.2, 0.25) is 0 Å². The van der Waals surface area contributed by atoms with Crippen LogP contribution in [0.5, 0.6) is 0 Å². The lowest BCUT2D eigenvalue weighted by atomic mass is 9.70. The zero-order valence-electron chi connectivity index (χ0n) is 17.2. The number of nitrogens with two attached hydrogens (primary N) is 1. The maximum atomic E-state index is 11.6. The normalized spacial score (nSPS) is 13.3. The molecule has 0 saturated carbocycles. The van der Waals surface area contributed by atoms with Gasteiger partial charge >= 0.3 is 12.1 Å². The fraction of sp³-hybridized carbons (Fsp3) is 0.409. The van der Waals surface area contributed by atoms with Crippen molar-refractivity contribution in [3.05, 3.63) is 70.8 Å². The number of hydrogen-bond acceptors (Lipinski definition) is 3. The molecule has 2 rings (SSSR count). The minimum Gasteiger partial charge on any atom is -0.475 e. The van der Waals surface area contributed by atoms with Crippen molar-refractivity contribution >= 4 is 5.97 Å². The molecule has 0 aliphatic heterocycles. The highest BCUT2D eigenvalue weighted by Gasteiger charge is 2.43. The zero-order chi connectivity index (χ0) is 22.6. The molecule has 4 N–H and O–H groups in total. The summed E-state index contributed by atoms with van der Waals surface area (Å²) in [5, 5.41) is 18.7. The van der Waals surface area contributed by atoms with Crippen molar-refractivity contribution < 1.29 is 28.2 Å². The predicted octanol–water partition coefficient (Wildman–Crippen LogP) is 4.55. The molecule has 0 fully saturated rings. The van der Waals surface area contributed by atoms with Gasteiger partial charge in [-0.25, -0.2) is 4.79 Å². The second kappa shape index (κ2) is 8.97. The summed E-state index contributed by atoms with van der Waals surface area (Å²) in [5.41, 5.74) is 9.09. The molecule has 2 aromatic rings. The first-order valence-corrected chi connectivity index (χ1v) is 9.02. The summed E-state index contributed by atoms with van der Waals surface area (Å²) < 4.78 is 31.7. The number of aliphatic hydroxyl groups is 1. The Morgan fingerprint density at radius 3 is 1.34 bits per heavy atom. The molecule has 7 heteroatoms. The first kappa shape index (κ1) is 24.7. The number of aryl methyl sites for hydroxylation is 2. The molecular weight excluding hydrogens is 383 g/mol. The smallest absolute Gasteiger partial charge is 0.475 e. The maximum absolute atomic E-state index is 11.6. The van der Waals surface area contributed by atoms with Gasteiger partial charge in [-0.15, -0.1) is 0 Å². The van der Waals surface area contributed by atoms with Gasteiger partial charge in [-0.2, -0.15) is 13.2 Å².